The zero-order valence-corrected chi connectivity index (χ0v) is 14.4. The number of ketones is 1. The monoisotopic (exact) mass is 396 g/mol. The first kappa shape index (κ1) is 15.3. The van der Waals surface area contributed by atoms with Gasteiger partial charge in [-0.05, 0) is 42.8 Å². The predicted molar refractivity (Wildman–Crippen MR) is 87.6 cm³/mol. The summed E-state index contributed by atoms with van der Waals surface area (Å²) in [7, 11) is 1.62. The molecule has 0 heterocycles. The van der Waals surface area contributed by atoms with Crippen LogP contribution in [0.1, 0.15) is 21.5 Å². The molecule has 4 heteroatoms. The van der Waals surface area contributed by atoms with E-state index in [0.29, 0.717) is 12.0 Å². The maximum atomic E-state index is 12.4. The van der Waals surface area contributed by atoms with E-state index in [1.165, 1.54) is 0 Å². The third-order valence-electron chi connectivity index (χ3n) is 3.03. The summed E-state index contributed by atoms with van der Waals surface area (Å²) in [5.74, 6) is 0.828. The topological polar surface area (TPSA) is 26.3 Å². The fourth-order valence-electron chi connectivity index (χ4n) is 1.93. The van der Waals surface area contributed by atoms with Gasteiger partial charge in [0.05, 0.1) is 7.11 Å². The van der Waals surface area contributed by atoms with E-state index in [-0.39, 0.29) is 5.78 Å². The molecule has 0 aliphatic heterocycles. The zero-order chi connectivity index (χ0) is 14.7. The van der Waals surface area contributed by atoms with Crippen LogP contribution in [0.15, 0.2) is 45.3 Å². The Bertz CT molecular complexity index is 651. The Balaban J connectivity index is 2.30. The Morgan fingerprint density at radius 1 is 1.10 bits per heavy atom. The Hall–Kier alpha value is -1.13. The van der Waals surface area contributed by atoms with Gasteiger partial charge >= 0.3 is 0 Å². The first-order chi connectivity index (χ1) is 9.51. The van der Waals surface area contributed by atoms with Crippen LogP contribution >= 0.6 is 31.9 Å². The summed E-state index contributed by atoms with van der Waals surface area (Å²) < 4.78 is 6.94. The lowest BCUT2D eigenvalue weighted by atomic mass is 10.0. The number of aryl methyl sites for hydroxylation is 1. The normalized spacial score (nSPS) is 10.4. The van der Waals surface area contributed by atoms with Crippen molar-refractivity contribution in [3.63, 3.8) is 0 Å². The molecule has 0 spiro atoms. The summed E-state index contributed by atoms with van der Waals surface area (Å²) in [6.07, 6.45) is 0.333. The number of ether oxygens (including phenoxy) is 1. The minimum absolute atomic E-state index is 0.0783. The van der Waals surface area contributed by atoms with Gasteiger partial charge in [-0.2, -0.15) is 0 Å². The summed E-state index contributed by atoms with van der Waals surface area (Å²) in [4.78, 5) is 12.4. The first-order valence-electron chi connectivity index (χ1n) is 6.13. The smallest absolute Gasteiger partial charge is 0.168 e. The first-order valence-corrected chi connectivity index (χ1v) is 7.71. The number of rotatable bonds is 4. The lowest BCUT2D eigenvalue weighted by molar-refractivity contribution is 0.0992. The van der Waals surface area contributed by atoms with Crippen LogP contribution in [0.25, 0.3) is 0 Å². The van der Waals surface area contributed by atoms with Crippen molar-refractivity contribution in [2.45, 2.75) is 13.3 Å². The quantitative estimate of drug-likeness (QED) is 0.682. The molecule has 0 atom stereocenters. The largest absolute Gasteiger partial charge is 0.497 e. The molecule has 0 bridgehead atoms. The highest BCUT2D eigenvalue weighted by atomic mass is 79.9. The molecule has 20 heavy (non-hydrogen) atoms. The molecule has 2 rings (SSSR count). The van der Waals surface area contributed by atoms with Gasteiger partial charge in [-0.25, -0.2) is 0 Å². The Morgan fingerprint density at radius 2 is 1.80 bits per heavy atom. The number of hydrogen-bond acceptors (Lipinski definition) is 2. The summed E-state index contributed by atoms with van der Waals surface area (Å²) in [6.45, 7) is 1.98. The van der Waals surface area contributed by atoms with Crippen molar-refractivity contribution in [1.82, 2.24) is 0 Å². The van der Waals surface area contributed by atoms with Gasteiger partial charge in [-0.3, -0.25) is 4.79 Å². The minimum atomic E-state index is 0.0783. The Labute approximate surface area is 135 Å². The number of methoxy groups -OCH3 is 1. The predicted octanol–water partition coefficient (Wildman–Crippen LogP) is 4.95. The van der Waals surface area contributed by atoms with Crippen molar-refractivity contribution in [2.75, 3.05) is 7.11 Å². The van der Waals surface area contributed by atoms with Crippen LogP contribution in [0, 0.1) is 6.92 Å². The third kappa shape index (κ3) is 3.49. The van der Waals surface area contributed by atoms with Crippen LogP contribution in [-0.4, -0.2) is 12.9 Å². The highest BCUT2D eigenvalue weighted by Gasteiger charge is 2.13. The molecule has 0 aliphatic carbocycles. The summed E-state index contributed by atoms with van der Waals surface area (Å²) in [5.41, 5.74) is 2.70. The number of benzene rings is 2. The van der Waals surface area contributed by atoms with Gasteiger partial charge in [0.1, 0.15) is 5.75 Å². The van der Waals surface area contributed by atoms with E-state index < -0.39 is 0 Å². The molecule has 0 radical (unpaired) electrons. The molecule has 2 aromatic rings. The van der Waals surface area contributed by atoms with Crippen LogP contribution in [0.5, 0.6) is 5.75 Å². The van der Waals surface area contributed by atoms with Gasteiger partial charge in [-0.1, -0.05) is 43.5 Å². The van der Waals surface area contributed by atoms with Crippen LogP contribution in [0.2, 0.25) is 0 Å². The van der Waals surface area contributed by atoms with E-state index in [9.17, 15) is 4.79 Å². The molecule has 0 fully saturated rings. The Morgan fingerprint density at radius 3 is 2.50 bits per heavy atom. The van der Waals surface area contributed by atoms with Crippen LogP contribution in [0.4, 0.5) is 0 Å². The lowest BCUT2D eigenvalue weighted by Gasteiger charge is -2.08. The molecule has 0 saturated carbocycles. The molecular formula is C16H14Br2O2. The summed E-state index contributed by atoms with van der Waals surface area (Å²) in [5, 5.41) is 0. The summed E-state index contributed by atoms with van der Waals surface area (Å²) >= 11 is 6.91. The number of Topliss-reactive ketones (excluding diaryl/α,β-unsaturated/α-hetero) is 1. The second-order valence-electron chi connectivity index (χ2n) is 4.54. The van der Waals surface area contributed by atoms with Gasteiger partial charge in [0.2, 0.25) is 0 Å². The standard InChI is InChI=1S/C16H14Br2O2/c1-10-3-5-15(18)13(7-10)16(19)9-11-8-12(20-2)4-6-14(11)17/h3-8H,9H2,1-2H3. The van der Waals surface area contributed by atoms with Crippen molar-refractivity contribution in [2.24, 2.45) is 0 Å². The van der Waals surface area contributed by atoms with Crippen LogP contribution in [0.3, 0.4) is 0 Å². The highest BCUT2D eigenvalue weighted by Crippen LogP contribution is 2.26. The van der Waals surface area contributed by atoms with Gasteiger partial charge < -0.3 is 4.74 Å². The van der Waals surface area contributed by atoms with Crippen LogP contribution < -0.4 is 4.74 Å². The van der Waals surface area contributed by atoms with Gasteiger partial charge in [-0.15, -0.1) is 0 Å². The van der Waals surface area contributed by atoms with Crippen molar-refractivity contribution in [1.29, 1.82) is 0 Å². The fraction of sp³-hybridized carbons (Fsp3) is 0.188. The van der Waals surface area contributed by atoms with Crippen molar-refractivity contribution in [3.05, 3.63) is 62.0 Å². The van der Waals surface area contributed by atoms with E-state index in [1.807, 2.05) is 43.3 Å². The molecule has 2 nitrogen and oxygen atoms in total. The number of halogens is 2. The van der Waals surface area contributed by atoms with E-state index in [0.717, 1.165) is 25.8 Å². The molecule has 0 aromatic heterocycles. The number of carbonyl (C=O) groups is 1. The zero-order valence-electron chi connectivity index (χ0n) is 11.2. The van der Waals surface area contributed by atoms with Crippen molar-refractivity contribution in [3.8, 4) is 5.75 Å². The van der Waals surface area contributed by atoms with Gasteiger partial charge in [0.15, 0.2) is 5.78 Å². The maximum absolute atomic E-state index is 12.4. The Kier molecular flexibility index (Phi) is 5.00. The van der Waals surface area contributed by atoms with E-state index in [2.05, 4.69) is 31.9 Å². The van der Waals surface area contributed by atoms with Crippen molar-refractivity contribution < 1.29 is 9.53 Å². The van der Waals surface area contributed by atoms with Crippen molar-refractivity contribution >= 4 is 37.6 Å². The maximum Gasteiger partial charge on any atom is 0.168 e. The molecule has 0 saturated heterocycles. The molecule has 2 aromatic carbocycles. The SMILES string of the molecule is COc1ccc(Br)c(CC(=O)c2cc(C)ccc2Br)c1. The molecule has 0 N–H and O–H groups in total. The van der Waals surface area contributed by atoms with E-state index >= 15 is 0 Å². The number of hydrogen-bond donors (Lipinski definition) is 0. The highest BCUT2D eigenvalue weighted by molar-refractivity contribution is 9.10. The molecule has 0 aliphatic rings. The average molecular weight is 398 g/mol. The summed E-state index contributed by atoms with van der Waals surface area (Å²) in [6, 6.07) is 11.4. The van der Waals surface area contributed by atoms with Crippen LogP contribution in [-0.2, 0) is 6.42 Å². The third-order valence-corrected chi connectivity index (χ3v) is 4.49. The lowest BCUT2D eigenvalue weighted by Crippen LogP contribution is -2.05. The molecule has 0 amide bonds. The number of carbonyl (C=O) groups excluding carboxylic acids is 1. The minimum Gasteiger partial charge on any atom is -0.497 e. The average Bonchev–Trinajstić information content (AvgIpc) is 2.43. The van der Waals surface area contributed by atoms with Gasteiger partial charge in [0.25, 0.3) is 0 Å². The molecule has 104 valence electrons. The van der Waals surface area contributed by atoms with E-state index in [1.54, 1.807) is 7.11 Å². The second kappa shape index (κ2) is 6.55. The fourth-order valence-corrected chi connectivity index (χ4v) is 2.79. The second-order valence-corrected chi connectivity index (χ2v) is 6.25. The molecular weight excluding hydrogens is 384 g/mol. The van der Waals surface area contributed by atoms with E-state index in [4.69, 9.17) is 4.74 Å². The molecule has 0 unspecified atom stereocenters. The van der Waals surface area contributed by atoms with Gasteiger partial charge in [0, 0.05) is 20.9 Å².